The van der Waals surface area contributed by atoms with Gasteiger partial charge in [-0.25, -0.2) is 4.68 Å². The zero-order valence-corrected chi connectivity index (χ0v) is 16.4. The third kappa shape index (κ3) is 3.23. The van der Waals surface area contributed by atoms with Gasteiger partial charge in [-0.3, -0.25) is 4.79 Å². The molecule has 1 N–H and O–H groups in total. The zero-order chi connectivity index (χ0) is 19.0. The van der Waals surface area contributed by atoms with Gasteiger partial charge in [-0.1, -0.05) is 30.3 Å². The molecule has 0 fully saturated rings. The van der Waals surface area contributed by atoms with E-state index in [0.717, 1.165) is 26.6 Å². The molecule has 0 saturated carbocycles. The Hall–Kier alpha value is -3.00. The second-order valence-corrected chi connectivity index (χ2v) is 7.05. The lowest BCUT2D eigenvalue weighted by molar-refractivity contribution is -0.116. The first-order valence-corrected chi connectivity index (χ1v) is 9.20. The summed E-state index contributed by atoms with van der Waals surface area (Å²) in [5.41, 5.74) is 3.58. The molecule has 0 unspecified atom stereocenters. The number of hydrogen-bond donors (Lipinski definition) is 1. The van der Waals surface area contributed by atoms with Crippen LogP contribution in [0.3, 0.4) is 0 Å². The van der Waals surface area contributed by atoms with Crippen molar-refractivity contribution in [2.45, 2.75) is 13.5 Å². The van der Waals surface area contributed by atoms with Crippen LogP contribution in [0.25, 0.3) is 22.3 Å². The number of anilines is 1. The number of carbonyl (C=O) groups is 1. The van der Waals surface area contributed by atoms with Gasteiger partial charge in [-0.05, 0) is 51.5 Å². The van der Waals surface area contributed by atoms with Crippen LogP contribution in [0.4, 0.5) is 5.69 Å². The van der Waals surface area contributed by atoms with E-state index in [9.17, 15) is 4.79 Å². The summed E-state index contributed by atoms with van der Waals surface area (Å²) in [5, 5.41) is 15.6. The van der Waals surface area contributed by atoms with Gasteiger partial charge in [0.05, 0.1) is 0 Å². The van der Waals surface area contributed by atoms with Crippen molar-refractivity contribution in [3.63, 3.8) is 0 Å². The van der Waals surface area contributed by atoms with E-state index >= 15 is 0 Å². The maximum absolute atomic E-state index is 12.7. The largest absolute Gasteiger partial charge is 0.334 e. The predicted molar refractivity (Wildman–Crippen MR) is 107 cm³/mol. The Kier molecular flexibility index (Phi) is 4.49. The van der Waals surface area contributed by atoms with Crippen LogP contribution in [-0.2, 0) is 18.4 Å². The Bertz CT molecular complexity index is 1150. The van der Waals surface area contributed by atoms with E-state index in [1.807, 2.05) is 60.0 Å². The Morgan fingerprint density at radius 3 is 2.78 bits per heavy atom. The van der Waals surface area contributed by atoms with Gasteiger partial charge < -0.3 is 9.88 Å². The summed E-state index contributed by atoms with van der Waals surface area (Å²) in [6, 6.07) is 15.5. The van der Waals surface area contributed by atoms with Crippen LogP contribution in [0.15, 0.2) is 53.0 Å². The van der Waals surface area contributed by atoms with Gasteiger partial charge in [-0.15, -0.1) is 5.10 Å². The Balaban J connectivity index is 1.58. The van der Waals surface area contributed by atoms with Crippen molar-refractivity contribution in [3.05, 3.63) is 58.7 Å². The molecule has 0 bridgehead atoms. The van der Waals surface area contributed by atoms with Crippen LogP contribution < -0.4 is 5.32 Å². The van der Waals surface area contributed by atoms with Crippen LogP contribution in [0.1, 0.15) is 5.69 Å². The van der Waals surface area contributed by atoms with Crippen molar-refractivity contribution >= 4 is 38.4 Å². The lowest BCUT2D eigenvalue weighted by Crippen LogP contribution is -2.19. The third-order valence-electron chi connectivity index (χ3n) is 4.48. The Morgan fingerprint density at radius 2 is 2.00 bits per heavy atom. The number of carbonyl (C=O) groups excluding carboxylic acids is 1. The molecule has 0 spiro atoms. The van der Waals surface area contributed by atoms with Crippen LogP contribution in [0.5, 0.6) is 0 Å². The molecule has 2 aromatic carbocycles. The number of nitrogens with one attached hydrogen (secondary N) is 1. The molecule has 4 rings (SSSR count). The fraction of sp³-hybridized carbons (Fsp3) is 0.158. The standard InChI is InChI=1S/C19H17BrN6O/c1-12-18(20)15-8-3-4-9-16(15)26(12)11-17(27)21-14-7-5-6-13(10-14)19-22-23-24-25(19)2/h3-10H,11H2,1-2H3,(H,21,27). The van der Waals surface area contributed by atoms with E-state index < -0.39 is 0 Å². The van der Waals surface area contributed by atoms with E-state index in [-0.39, 0.29) is 12.5 Å². The van der Waals surface area contributed by atoms with Crippen molar-refractivity contribution in [2.24, 2.45) is 7.05 Å². The summed E-state index contributed by atoms with van der Waals surface area (Å²) >= 11 is 3.62. The first kappa shape index (κ1) is 17.4. The molecule has 8 heteroatoms. The number of aryl methyl sites for hydroxylation is 1. The molecule has 0 aliphatic carbocycles. The highest BCUT2D eigenvalue weighted by molar-refractivity contribution is 9.10. The third-order valence-corrected chi connectivity index (χ3v) is 5.48. The molecule has 136 valence electrons. The number of rotatable bonds is 4. The highest BCUT2D eigenvalue weighted by Crippen LogP contribution is 2.30. The molecule has 4 aromatic rings. The van der Waals surface area contributed by atoms with Crippen molar-refractivity contribution in [1.82, 2.24) is 24.8 Å². The van der Waals surface area contributed by atoms with Gasteiger partial charge in [0, 0.05) is 39.4 Å². The van der Waals surface area contributed by atoms with Gasteiger partial charge in [0.15, 0.2) is 5.82 Å². The van der Waals surface area contributed by atoms with E-state index in [1.165, 1.54) is 0 Å². The molecule has 0 aliphatic rings. The van der Waals surface area contributed by atoms with Crippen molar-refractivity contribution in [2.75, 3.05) is 5.32 Å². The first-order chi connectivity index (χ1) is 13.0. The number of halogens is 1. The van der Waals surface area contributed by atoms with Crippen LogP contribution >= 0.6 is 15.9 Å². The molecule has 0 aliphatic heterocycles. The molecule has 0 radical (unpaired) electrons. The van der Waals surface area contributed by atoms with Gasteiger partial charge in [0.1, 0.15) is 6.54 Å². The molecule has 0 atom stereocenters. The minimum atomic E-state index is -0.0976. The molecular weight excluding hydrogens is 408 g/mol. The van der Waals surface area contributed by atoms with Crippen molar-refractivity contribution < 1.29 is 4.79 Å². The Morgan fingerprint density at radius 1 is 1.19 bits per heavy atom. The quantitative estimate of drug-likeness (QED) is 0.543. The molecule has 27 heavy (non-hydrogen) atoms. The fourth-order valence-electron chi connectivity index (χ4n) is 3.15. The van der Waals surface area contributed by atoms with E-state index in [4.69, 9.17) is 0 Å². The minimum absolute atomic E-state index is 0.0976. The number of nitrogens with zero attached hydrogens (tertiary/aromatic N) is 5. The average molecular weight is 425 g/mol. The summed E-state index contributed by atoms with van der Waals surface area (Å²) in [5.74, 6) is 0.543. The molecular formula is C19H17BrN6O. The van der Waals surface area contributed by atoms with Crippen LogP contribution in [0, 0.1) is 6.92 Å². The first-order valence-electron chi connectivity index (χ1n) is 8.40. The highest BCUT2D eigenvalue weighted by atomic mass is 79.9. The topological polar surface area (TPSA) is 77.6 Å². The lowest BCUT2D eigenvalue weighted by Gasteiger charge is -2.10. The number of fused-ring (bicyclic) bond motifs is 1. The van der Waals surface area contributed by atoms with Crippen LogP contribution in [-0.4, -0.2) is 30.7 Å². The smallest absolute Gasteiger partial charge is 0.244 e. The van der Waals surface area contributed by atoms with Gasteiger partial charge in [0.25, 0.3) is 0 Å². The van der Waals surface area contributed by atoms with E-state index in [1.54, 1.807) is 11.7 Å². The number of benzene rings is 2. The molecule has 2 heterocycles. The number of para-hydroxylation sites is 1. The summed E-state index contributed by atoms with van der Waals surface area (Å²) < 4.78 is 4.61. The average Bonchev–Trinajstić information content (AvgIpc) is 3.20. The SMILES string of the molecule is Cc1c(Br)c2ccccc2n1CC(=O)Nc1cccc(-c2nnnn2C)c1. The maximum atomic E-state index is 12.7. The monoisotopic (exact) mass is 424 g/mol. The molecule has 7 nitrogen and oxygen atoms in total. The van der Waals surface area contributed by atoms with Gasteiger partial charge >= 0.3 is 0 Å². The maximum Gasteiger partial charge on any atom is 0.244 e. The second-order valence-electron chi connectivity index (χ2n) is 6.26. The van der Waals surface area contributed by atoms with Crippen molar-refractivity contribution in [3.8, 4) is 11.4 Å². The zero-order valence-electron chi connectivity index (χ0n) is 14.8. The lowest BCUT2D eigenvalue weighted by atomic mass is 10.2. The minimum Gasteiger partial charge on any atom is -0.334 e. The van der Waals surface area contributed by atoms with Gasteiger partial charge in [0.2, 0.25) is 5.91 Å². The summed E-state index contributed by atoms with van der Waals surface area (Å²) in [4.78, 5) is 12.7. The number of amides is 1. The van der Waals surface area contributed by atoms with E-state index in [0.29, 0.717) is 11.5 Å². The van der Waals surface area contributed by atoms with Crippen molar-refractivity contribution in [1.29, 1.82) is 0 Å². The summed E-state index contributed by atoms with van der Waals surface area (Å²) in [6.45, 7) is 2.23. The summed E-state index contributed by atoms with van der Waals surface area (Å²) in [6.07, 6.45) is 0. The predicted octanol–water partition coefficient (Wildman–Crippen LogP) is 3.54. The Labute approximate surface area is 164 Å². The normalized spacial score (nSPS) is 11.1. The number of tetrazole rings is 1. The number of aromatic nitrogens is 5. The molecule has 1 amide bonds. The second kappa shape index (κ2) is 6.96. The van der Waals surface area contributed by atoms with E-state index in [2.05, 4.69) is 36.8 Å². The molecule has 2 aromatic heterocycles. The highest BCUT2D eigenvalue weighted by Gasteiger charge is 2.14. The summed E-state index contributed by atoms with van der Waals surface area (Å²) in [7, 11) is 1.78. The fourth-order valence-corrected chi connectivity index (χ4v) is 3.70. The number of hydrogen-bond acceptors (Lipinski definition) is 4. The van der Waals surface area contributed by atoms with Crippen LogP contribution in [0.2, 0.25) is 0 Å². The van der Waals surface area contributed by atoms with Gasteiger partial charge in [-0.2, -0.15) is 0 Å². The molecule has 0 saturated heterocycles.